The number of nitro groups is 1. The van der Waals surface area contributed by atoms with Crippen molar-refractivity contribution >= 4 is 75.3 Å². The summed E-state index contributed by atoms with van der Waals surface area (Å²) < 4.78 is 107. The Morgan fingerprint density at radius 1 is 0.674 bits per heavy atom. The predicted molar refractivity (Wildman–Crippen MR) is 142 cm³/mol. The number of nitrogen functional groups attached to an aromatic ring is 1. The number of phenolic OH excluding ortho intramolecular Hbond substituents is 1. The predicted octanol–water partition coefficient (Wildman–Crippen LogP) is -5.41. The van der Waals surface area contributed by atoms with E-state index < -0.39 is 94.9 Å². The maximum Gasteiger partial charge on any atom is 1.00 e. The van der Waals surface area contributed by atoms with Crippen molar-refractivity contribution in [2.75, 3.05) is 5.73 Å². The van der Waals surface area contributed by atoms with Crippen molar-refractivity contribution in [3.63, 3.8) is 0 Å². The molecule has 4 aromatic rings. The van der Waals surface area contributed by atoms with Crippen LogP contribution >= 0.6 is 0 Å². The summed E-state index contributed by atoms with van der Waals surface area (Å²) in [4.78, 5) is 6.35. The molecule has 0 atom stereocenters. The molecule has 0 aliphatic carbocycles. The first kappa shape index (κ1) is 42.1. The Kier molecular flexibility index (Phi) is 14.6. The number of nitrogens with zero attached hydrogens (tertiary/aromatic N) is 5. The molecule has 0 amide bonds. The van der Waals surface area contributed by atoms with Gasteiger partial charge in [0.05, 0.1) is 36.4 Å². The van der Waals surface area contributed by atoms with Crippen LogP contribution in [0.15, 0.2) is 95.8 Å². The molecule has 0 aromatic heterocycles. The number of hydrogen-bond acceptors (Lipinski definition) is 17. The zero-order valence-corrected chi connectivity index (χ0v) is 32.2. The number of rotatable bonds is 8. The van der Waals surface area contributed by atoms with Gasteiger partial charge in [-0.25, -0.2) is 25.3 Å². The summed E-state index contributed by atoms with van der Waals surface area (Å²) in [7, 11) is -16.3. The topological polar surface area (TPSA) is 310 Å². The van der Waals surface area contributed by atoms with Gasteiger partial charge in [0, 0.05) is 12.1 Å². The van der Waals surface area contributed by atoms with E-state index in [2.05, 4.69) is 20.5 Å². The summed E-state index contributed by atoms with van der Waals surface area (Å²) in [5, 5.41) is 35.2. The Hall–Kier alpha value is -1.93. The van der Waals surface area contributed by atoms with Crippen LogP contribution in [0.25, 0.3) is 10.8 Å². The molecule has 0 heterocycles. The van der Waals surface area contributed by atoms with E-state index in [1.54, 1.807) is 18.2 Å². The van der Waals surface area contributed by atoms with Crippen molar-refractivity contribution in [2.24, 2.45) is 20.5 Å². The van der Waals surface area contributed by atoms with Gasteiger partial charge in [0.25, 0.3) is 5.69 Å². The van der Waals surface area contributed by atoms with Crippen molar-refractivity contribution in [3.05, 3.63) is 70.8 Å². The van der Waals surface area contributed by atoms with Gasteiger partial charge in [-0.1, -0.05) is 18.2 Å². The molecule has 4 aromatic carbocycles. The zero-order valence-electron chi connectivity index (χ0n) is 23.7. The molecular weight excluding hydrogens is 705 g/mol. The molecule has 0 aliphatic heterocycles. The second-order valence-electron chi connectivity index (χ2n) is 8.31. The van der Waals surface area contributed by atoms with E-state index in [1.165, 1.54) is 12.1 Å². The van der Waals surface area contributed by atoms with Crippen LogP contribution in [-0.4, -0.2) is 48.9 Å². The van der Waals surface area contributed by atoms with Gasteiger partial charge in [0.15, 0.2) is 5.75 Å². The van der Waals surface area contributed by atoms with E-state index in [0.29, 0.717) is 24.3 Å². The summed E-state index contributed by atoms with van der Waals surface area (Å²) in [6, 6.07) is 10.5. The Morgan fingerprint density at radius 2 is 1.17 bits per heavy atom. The first-order valence-corrected chi connectivity index (χ1v) is 15.3. The first-order valence-electron chi connectivity index (χ1n) is 11.1. The van der Waals surface area contributed by atoms with Gasteiger partial charge < -0.3 is 24.5 Å². The number of non-ortho nitro benzene ring substituents is 1. The molecule has 0 radical (unpaired) electrons. The molecule has 18 nitrogen and oxygen atoms in total. The molecule has 0 bridgehead atoms. The Bertz CT molecular complexity index is 2220. The number of azo groups is 2. The number of phenols is 1. The maximum absolute atomic E-state index is 12.1. The third-order valence-electron chi connectivity index (χ3n) is 5.56. The minimum atomic E-state index is -5.53. The van der Waals surface area contributed by atoms with E-state index in [9.17, 15) is 54.1 Å². The summed E-state index contributed by atoms with van der Waals surface area (Å²) in [6.07, 6.45) is 0. The monoisotopic (exact) mass is 718 g/mol. The third kappa shape index (κ3) is 9.36. The second kappa shape index (κ2) is 16.0. The number of nitro benzene ring substituents is 1. The quantitative estimate of drug-likeness (QED) is 0.0430. The molecule has 0 unspecified atom stereocenters. The fourth-order valence-corrected chi connectivity index (χ4v) is 5.63. The largest absolute Gasteiger partial charge is 1.00 e. The SMILES string of the molecule is Nc1c(N=Nc2ccc([N+](=O)[O-])cc2S(=O)(=O)[O-])c(S(=O)(=O)[O-])cc2cc(S(=O)(=O)[O-])c(N=Nc3ccccc3)c(O)c12.[Na+].[Na+].[Na+]. The van der Waals surface area contributed by atoms with Crippen LogP contribution in [0, 0.1) is 10.1 Å². The van der Waals surface area contributed by atoms with Gasteiger partial charge in [-0.05, 0) is 35.7 Å². The number of fused-ring (bicyclic) bond motifs is 1. The summed E-state index contributed by atoms with van der Waals surface area (Å²) in [5.41, 5.74) is 1.80. The van der Waals surface area contributed by atoms with Gasteiger partial charge in [0.1, 0.15) is 47.4 Å². The van der Waals surface area contributed by atoms with Crippen LogP contribution in [0.5, 0.6) is 5.75 Å². The molecule has 4 rings (SSSR count). The van der Waals surface area contributed by atoms with Crippen molar-refractivity contribution in [3.8, 4) is 5.75 Å². The number of anilines is 1. The zero-order chi connectivity index (χ0) is 31.9. The van der Waals surface area contributed by atoms with Crippen LogP contribution in [0.4, 0.5) is 34.1 Å². The fourth-order valence-electron chi connectivity index (χ4n) is 3.70. The molecule has 46 heavy (non-hydrogen) atoms. The number of aromatic hydroxyl groups is 1. The van der Waals surface area contributed by atoms with E-state index in [4.69, 9.17) is 5.73 Å². The Morgan fingerprint density at radius 3 is 1.67 bits per heavy atom. The van der Waals surface area contributed by atoms with Gasteiger partial charge in [-0.3, -0.25) is 10.1 Å². The Labute approximate surface area is 326 Å². The van der Waals surface area contributed by atoms with Crippen molar-refractivity contribution in [2.45, 2.75) is 14.7 Å². The van der Waals surface area contributed by atoms with Crippen LogP contribution in [0.1, 0.15) is 0 Å². The van der Waals surface area contributed by atoms with Crippen LogP contribution in [-0.2, 0) is 30.4 Å². The molecule has 0 spiro atoms. The summed E-state index contributed by atoms with van der Waals surface area (Å²) in [5.74, 6) is -1.10. The number of benzene rings is 4. The van der Waals surface area contributed by atoms with Crippen molar-refractivity contribution < 1.29 is 138 Å². The van der Waals surface area contributed by atoms with Crippen LogP contribution in [0.3, 0.4) is 0 Å². The summed E-state index contributed by atoms with van der Waals surface area (Å²) in [6.45, 7) is 0. The van der Waals surface area contributed by atoms with Gasteiger partial charge in [-0.15, -0.1) is 15.3 Å². The van der Waals surface area contributed by atoms with Gasteiger partial charge in [-0.2, -0.15) is 5.11 Å². The summed E-state index contributed by atoms with van der Waals surface area (Å²) >= 11 is 0. The van der Waals surface area contributed by atoms with Crippen molar-refractivity contribution in [1.29, 1.82) is 0 Å². The number of nitrogens with two attached hydrogens (primary N) is 1. The normalized spacial score (nSPS) is 12.0. The number of hydrogen-bond donors (Lipinski definition) is 2. The van der Waals surface area contributed by atoms with E-state index >= 15 is 0 Å². The van der Waals surface area contributed by atoms with Crippen molar-refractivity contribution in [1.82, 2.24) is 0 Å². The molecule has 0 saturated heterocycles. The molecule has 224 valence electrons. The minimum Gasteiger partial charge on any atom is -0.744 e. The molecule has 24 heteroatoms. The average Bonchev–Trinajstić information content (AvgIpc) is 2.90. The molecule has 3 N–H and O–H groups in total. The molecule has 0 fully saturated rings. The molecule has 0 saturated carbocycles. The standard InChI is InChI=1S/C22H16N6O12S3.3Na/c23-19-18-11(9-17(43(38,39)40)21(22(18)29)27-24-12-4-2-1-3-5-12)8-16(42(35,36)37)20(19)26-25-14-7-6-13(28(30)31)10-15(14)41(32,33)34;;;/h1-10,29H,23H2,(H,32,33,34)(H,35,36,37)(H,38,39,40);;;/q;3*+1/p-3. The van der Waals surface area contributed by atoms with Crippen LogP contribution in [0.2, 0.25) is 0 Å². The van der Waals surface area contributed by atoms with Gasteiger partial charge >= 0.3 is 88.7 Å². The maximum atomic E-state index is 12.1. The molecule has 0 aliphatic rings. The van der Waals surface area contributed by atoms with E-state index in [1.807, 2.05) is 0 Å². The third-order valence-corrected chi connectivity index (χ3v) is 8.12. The first-order chi connectivity index (χ1) is 19.9. The fraction of sp³-hybridized carbons (Fsp3) is 0. The minimum absolute atomic E-state index is 0. The van der Waals surface area contributed by atoms with E-state index in [0.717, 1.165) is 6.07 Å². The Balaban J connectivity index is 0.00000353. The molecular formula is C22H13N6Na3O12S3. The smallest absolute Gasteiger partial charge is 0.744 e. The van der Waals surface area contributed by atoms with E-state index in [-0.39, 0.29) is 94.4 Å². The average molecular weight is 719 g/mol. The second-order valence-corrected chi connectivity index (χ2v) is 12.4. The van der Waals surface area contributed by atoms with Gasteiger partial charge in [0.2, 0.25) is 0 Å². The van der Waals surface area contributed by atoms with Crippen LogP contribution < -0.4 is 94.4 Å².